The summed E-state index contributed by atoms with van der Waals surface area (Å²) >= 11 is 0. The monoisotopic (exact) mass is 360 g/mol. The number of carbonyl (C=O) groups excluding carboxylic acids is 1. The van der Waals surface area contributed by atoms with Gasteiger partial charge in [0.15, 0.2) is 0 Å². The Hall–Kier alpha value is -3.41. The maximum absolute atomic E-state index is 12.7. The molecule has 0 radical (unpaired) electrons. The van der Waals surface area contributed by atoms with E-state index >= 15 is 0 Å². The van der Waals surface area contributed by atoms with Crippen LogP contribution < -0.4 is 10.9 Å². The van der Waals surface area contributed by atoms with Gasteiger partial charge in [0.25, 0.3) is 5.56 Å². The second-order valence-electron chi connectivity index (χ2n) is 6.59. The second kappa shape index (κ2) is 7.07. The molecule has 0 saturated heterocycles. The van der Waals surface area contributed by atoms with Crippen LogP contribution in [-0.4, -0.2) is 20.4 Å². The van der Waals surface area contributed by atoms with Crippen LogP contribution >= 0.6 is 0 Å². The molecule has 4 aromatic rings. The van der Waals surface area contributed by atoms with Gasteiger partial charge >= 0.3 is 0 Å². The summed E-state index contributed by atoms with van der Waals surface area (Å²) < 4.78 is 1.48. The Balaban J connectivity index is 1.49. The molecule has 0 saturated carbocycles. The van der Waals surface area contributed by atoms with Crippen molar-refractivity contribution in [2.75, 3.05) is 0 Å². The average molecular weight is 360 g/mol. The molecule has 1 amide bonds. The Morgan fingerprint density at radius 1 is 1.15 bits per heavy atom. The first-order chi connectivity index (χ1) is 13.1. The fraction of sp³-hybridized carbons (Fsp3) is 0.190. The van der Waals surface area contributed by atoms with Crippen molar-refractivity contribution in [3.63, 3.8) is 0 Å². The molecule has 27 heavy (non-hydrogen) atoms. The second-order valence-corrected chi connectivity index (χ2v) is 6.59. The molecule has 0 spiro atoms. The zero-order chi connectivity index (χ0) is 18.8. The number of amides is 1. The minimum atomic E-state index is -0.167. The van der Waals surface area contributed by atoms with E-state index in [2.05, 4.69) is 15.3 Å². The number of fused-ring (bicyclic) bond motifs is 3. The van der Waals surface area contributed by atoms with Gasteiger partial charge in [-0.1, -0.05) is 48.5 Å². The van der Waals surface area contributed by atoms with Crippen LogP contribution in [0, 0.1) is 0 Å². The molecule has 0 aliphatic rings. The molecule has 6 heteroatoms. The van der Waals surface area contributed by atoms with Crippen molar-refractivity contribution in [2.45, 2.75) is 25.9 Å². The highest BCUT2D eigenvalue weighted by Crippen LogP contribution is 2.20. The fourth-order valence-electron chi connectivity index (χ4n) is 3.26. The predicted molar refractivity (Wildman–Crippen MR) is 105 cm³/mol. The third kappa shape index (κ3) is 3.33. The Labute approximate surface area is 155 Å². The van der Waals surface area contributed by atoms with Crippen molar-refractivity contribution >= 4 is 27.8 Å². The van der Waals surface area contributed by atoms with E-state index < -0.39 is 0 Å². The number of H-pyrrole nitrogens is 1. The van der Waals surface area contributed by atoms with Gasteiger partial charge in [0, 0.05) is 23.9 Å². The minimum absolute atomic E-state index is 0.0790. The molecule has 1 atom stereocenters. The van der Waals surface area contributed by atoms with Gasteiger partial charge in [-0.3, -0.25) is 14.2 Å². The smallest absolute Gasteiger partial charge is 0.277 e. The first-order valence-electron chi connectivity index (χ1n) is 8.93. The molecule has 2 aromatic heterocycles. The van der Waals surface area contributed by atoms with E-state index in [4.69, 9.17) is 0 Å². The number of hydrogen-bond acceptors (Lipinski definition) is 3. The average Bonchev–Trinajstić information content (AvgIpc) is 3.08. The van der Waals surface area contributed by atoms with Crippen LogP contribution in [0.3, 0.4) is 0 Å². The van der Waals surface area contributed by atoms with Crippen LogP contribution in [-0.2, 0) is 11.3 Å². The number of rotatable bonds is 5. The summed E-state index contributed by atoms with van der Waals surface area (Å²) in [6.45, 7) is 2.22. The van der Waals surface area contributed by atoms with E-state index in [1.54, 1.807) is 0 Å². The fourth-order valence-corrected chi connectivity index (χ4v) is 3.26. The third-order valence-corrected chi connectivity index (χ3v) is 4.74. The lowest BCUT2D eigenvalue weighted by Gasteiger charge is -2.14. The molecule has 136 valence electrons. The predicted octanol–water partition coefficient (Wildman–Crippen LogP) is 3.15. The van der Waals surface area contributed by atoms with E-state index in [1.807, 2.05) is 61.5 Å². The van der Waals surface area contributed by atoms with Gasteiger partial charge in [-0.2, -0.15) is 0 Å². The van der Waals surface area contributed by atoms with E-state index in [1.165, 1.54) is 10.9 Å². The SMILES string of the molecule is C[C@H](NC(=O)CCn1cnc2c([nH]c3ccccc32)c1=O)c1ccccc1. The molecular weight excluding hydrogens is 340 g/mol. The largest absolute Gasteiger partial charge is 0.350 e. The number of nitrogens with zero attached hydrogens (tertiary/aromatic N) is 2. The van der Waals surface area contributed by atoms with Crippen molar-refractivity contribution in [3.05, 3.63) is 76.8 Å². The third-order valence-electron chi connectivity index (χ3n) is 4.74. The number of aryl methyl sites for hydroxylation is 1. The number of aromatic nitrogens is 3. The molecule has 2 N–H and O–H groups in total. The molecular formula is C21H20N4O2. The van der Waals surface area contributed by atoms with Crippen LogP contribution in [0.2, 0.25) is 0 Å². The summed E-state index contributed by atoms with van der Waals surface area (Å²) in [6, 6.07) is 17.4. The summed E-state index contributed by atoms with van der Waals surface area (Å²) in [5.74, 6) is -0.102. The summed E-state index contributed by atoms with van der Waals surface area (Å²) in [4.78, 5) is 32.5. The highest BCUT2D eigenvalue weighted by atomic mass is 16.2. The highest BCUT2D eigenvalue weighted by Gasteiger charge is 2.12. The van der Waals surface area contributed by atoms with Crippen LogP contribution in [0.1, 0.15) is 24.9 Å². The molecule has 6 nitrogen and oxygen atoms in total. The van der Waals surface area contributed by atoms with Gasteiger partial charge < -0.3 is 10.3 Å². The summed E-state index contributed by atoms with van der Waals surface area (Å²) in [7, 11) is 0. The lowest BCUT2D eigenvalue weighted by Crippen LogP contribution is -2.29. The number of carbonyl (C=O) groups is 1. The van der Waals surface area contributed by atoms with Gasteiger partial charge in [-0.05, 0) is 18.6 Å². The molecule has 0 aliphatic carbocycles. The number of hydrogen-bond donors (Lipinski definition) is 2. The van der Waals surface area contributed by atoms with Crippen molar-refractivity contribution in [2.24, 2.45) is 0 Å². The maximum atomic E-state index is 12.7. The maximum Gasteiger partial charge on any atom is 0.277 e. The molecule has 2 heterocycles. The zero-order valence-electron chi connectivity index (χ0n) is 15.0. The molecule has 4 rings (SSSR count). The van der Waals surface area contributed by atoms with Gasteiger partial charge in [0.2, 0.25) is 5.91 Å². The quantitative estimate of drug-likeness (QED) is 0.574. The summed E-state index contributed by atoms with van der Waals surface area (Å²) in [5.41, 5.74) is 2.89. The Kier molecular flexibility index (Phi) is 4.46. The topological polar surface area (TPSA) is 79.8 Å². The van der Waals surface area contributed by atoms with Crippen molar-refractivity contribution in [3.8, 4) is 0 Å². The minimum Gasteiger partial charge on any atom is -0.350 e. The lowest BCUT2D eigenvalue weighted by molar-refractivity contribution is -0.121. The first kappa shape index (κ1) is 17.0. The summed E-state index contributed by atoms with van der Waals surface area (Å²) in [5, 5.41) is 3.88. The normalized spacial score (nSPS) is 12.3. The van der Waals surface area contributed by atoms with Crippen LogP contribution in [0.4, 0.5) is 0 Å². The van der Waals surface area contributed by atoms with Crippen molar-refractivity contribution < 1.29 is 4.79 Å². The number of para-hydroxylation sites is 1. The molecule has 0 bridgehead atoms. The van der Waals surface area contributed by atoms with Gasteiger partial charge in [-0.25, -0.2) is 4.98 Å². The molecule has 0 fully saturated rings. The number of benzene rings is 2. The highest BCUT2D eigenvalue weighted by molar-refractivity contribution is 6.04. The van der Waals surface area contributed by atoms with Crippen molar-refractivity contribution in [1.29, 1.82) is 0 Å². The zero-order valence-corrected chi connectivity index (χ0v) is 15.0. The van der Waals surface area contributed by atoms with Crippen molar-refractivity contribution in [1.82, 2.24) is 19.9 Å². The van der Waals surface area contributed by atoms with Crippen LogP contribution in [0.5, 0.6) is 0 Å². The molecule has 2 aromatic carbocycles. The van der Waals surface area contributed by atoms with Crippen LogP contribution in [0.25, 0.3) is 21.9 Å². The molecule has 0 aliphatic heterocycles. The lowest BCUT2D eigenvalue weighted by atomic mass is 10.1. The summed E-state index contributed by atoms with van der Waals surface area (Å²) in [6.07, 6.45) is 1.73. The van der Waals surface area contributed by atoms with E-state index in [-0.39, 0.29) is 30.5 Å². The number of aromatic amines is 1. The van der Waals surface area contributed by atoms with E-state index in [0.717, 1.165) is 16.5 Å². The van der Waals surface area contributed by atoms with E-state index in [9.17, 15) is 9.59 Å². The Morgan fingerprint density at radius 3 is 2.70 bits per heavy atom. The standard InChI is InChI=1S/C21H20N4O2/c1-14(15-7-3-2-4-8-15)23-18(26)11-12-25-13-22-19-16-9-5-6-10-17(16)24-20(19)21(25)27/h2-10,13-14,24H,11-12H2,1H3,(H,23,26)/t14-/m0/s1. The van der Waals surface area contributed by atoms with E-state index in [0.29, 0.717) is 11.0 Å². The Morgan fingerprint density at radius 2 is 1.89 bits per heavy atom. The van der Waals surface area contributed by atoms with Crippen LogP contribution in [0.15, 0.2) is 65.7 Å². The first-order valence-corrected chi connectivity index (χ1v) is 8.93. The Bertz CT molecular complexity index is 1160. The molecule has 0 unspecified atom stereocenters. The van der Waals surface area contributed by atoms with Gasteiger partial charge in [0.1, 0.15) is 11.0 Å². The number of nitrogens with one attached hydrogen (secondary N) is 2. The van der Waals surface area contributed by atoms with Gasteiger partial charge in [0.05, 0.1) is 12.4 Å². The van der Waals surface area contributed by atoms with Gasteiger partial charge in [-0.15, -0.1) is 0 Å².